The van der Waals surface area contributed by atoms with Crippen molar-refractivity contribution in [3.05, 3.63) is 23.8 Å². The molecule has 0 radical (unpaired) electrons. The van der Waals surface area contributed by atoms with Crippen molar-refractivity contribution < 1.29 is 4.74 Å². The molecule has 0 bridgehead atoms. The molecule has 1 heterocycles. The Hall–Kier alpha value is -1.50. The number of amidine groups is 1. The third-order valence-electron chi connectivity index (χ3n) is 3.18. The molecule has 6 N–H and O–H groups in total. The molecule has 112 valence electrons. The van der Waals surface area contributed by atoms with Crippen LogP contribution in [0, 0.1) is 0 Å². The van der Waals surface area contributed by atoms with Gasteiger partial charge in [-0.25, -0.2) is 0 Å². The van der Waals surface area contributed by atoms with Gasteiger partial charge in [0.2, 0.25) is 0 Å². The van der Waals surface area contributed by atoms with Crippen LogP contribution in [0.2, 0.25) is 0 Å². The van der Waals surface area contributed by atoms with Crippen molar-refractivity contribution in [3.63, 3.8) is 0 Å². The first-order valence-electron chi connectivity index (χ1n) is 6.42. The topological polar surface area (TPSA) is 103 Å². The van der Waals surface area contributed by atoms with E-state index in [0.29, 0.717) is 23.8 Å². The summed E-state index contributed by atoms with van der Waals surface area (Å²) < 4.78 is 5.29. The predicted molar refractivity (Wildman–Crippen MR) is 85.4 cm³/mol. The van der Waals surface area contributed by atoms with Crippen LogP contribution in [-0.4, -0.2) is 50.1 Å². The average molecular weight is 300 g/mol. The zero-order valence-electron chi connectivity index (χ0n) is 11.4. The van der Waals surface area contributed by atoms with Gasteiger partial charge < -0.3 is 21.9 Å². The highest BCUT2D eigenvalue weighted by molar-refractivity contribution is 5.98. The zero-order chi connectivity index (χ0) is 13.7. The molecule has 1 aliphatic rings. The van der Waals surface area contributed by atoms with Crippen molar-refractivity contribution in [3.8, 4) is 0 Å². The summed E-state index contributed by atoms with van der Waals surface area (Å²) >= 11 is 0. The summed E-state index contributed by atoms with van der Waals surface area (Å²) in [5.74, 6) is 0.500. The molecular formula is C13H22ClN5O. The second kappa shape index (κ2) is 7.94. The number of ether oxygens (including phenoxy) is 1. The van der Waals surface area contributed by atoms with Crippen LogP contribution in [0.1, 0.15) is 5.56 Å². The lowest BCUT2D eigenvalue weighted by atomic mass is 10.1. The average Bonchev–Trinajstić information content (AvgIpc) is 2.43. The SMILES string of the molecule is Cl.NC(=NCCN1CCOCC1)c1ccc(N)c(N)c1. The van der Waals surface area contributed by atoms with Gasteiger partial charge in [-0.05, 0) is 18.2 Å². The van der Waals surface area contributed by atoms with Crippen molar-refractivity contribution in [1.29, 1.82) is 0 Å². The van der Waals surface area contributed by atoms with E-state index < -0.39 is 0 Å². The maximum atomic E-state index is 5.94. The fourth-order valence-electron chi connectivity index (χ4n) is 1.96. The smallest absolute Gasteiger partial charge is 0.125 e. The number of hydrogen-bond donors (Lipinski definition) is 3. The molecular weight excluding hydrogens is 278 g/mol. The fraction of sp³-hybridized carbons (Fsp3) is 0.462. The van der Waals surface area contributed by atoms with Gasteiger partial charge in [-0.3, -0.25) is 9.89 Å². The first kappa shape index (κ1) is 16.6. The number of hydrogen-bond acceptors (Lipinski definition) is 5. The highest BCUT2D eigenvalue weighted by atomic mass is 35.5. The molecule has 0 unspecified atom stereocenters. The van der Waals surface area contributed by atoms with Crippen LogP contribution in [0.25, 0.3) is 0 Å². The van der Waals surface area contributed by atoms with Gasteiger partial charge in [-0.15, -0.1) is 12.4 Å². The molecule has 20 heavy (non-hydrogen) atoms. The Morgan fingerprint density at radius 3 is 2.55 bits per heavy atom. The number of nitrogens with zero attached hydrogens (tertiary/aromatic N) is 2. The third kappa shape index (κ3) is 4.56. The van der Waals surface area contributed by atoms with Crippen molar-refractivity contribution in [2.24, 2.45) is 10.7 Å². The summed E-state index contributed by atoms with van der Waals surface area (Å²) in [6.07, 6.45) is 0. The van der Waals surface area contributed by atoms with Gasteiger partial charge in [-0.1, -0.05) is 0 Å². The van der Waals surface area contributed by atoms with Gasteiger partial charge in [0.25, 0.3) is 0 Å². The number of halogens is 1. The number of nitrogen functional groups attached to an aromatic ring is 2. The van der Waals surface area contributed by atoms with Crippen molar-refractivity contribution in [1.82, 2.24) is 4.90 Å². The summed E-state index contributed by atoms with van der Waals surface area (Å²) in [5.41, 5.74) is 19.3. The minimum Gasteiger partial charge on any atom is -0.397 e. The van der Waals surface area contributed by atoms with Crippen molar-refractivity contribution >= 4 is 29.6 Å². The van der Waals surface area contributed by atoms with Gasteiger partial charge in [0, 0.05) is 25.2 Å². The maximum Gasteiger partial charge on any atom is 0.125 e. The molecule has 1 aliphatic heterocycles. The molecule has 0 atom stereocenters. The molecule has 0 saturated carbocycles. The Kier molecular flexibility index (Phi) is 6.57. The molecule has 0 amide bonds. The molecule has 0 aliphatic carbocycles. The minimum atomic E-state index is 0. The van der Waals surface area contributed by atoms with Gasteiger partial charge in [0.05, 0.1) is 31.1 Å². The van der Waals surface area contributed by atoms with Gasteiger partial charge in [-0.2, -0.15) is 0 Å². The van der Waals surface area contributed by atoms with E-state index in [0.717, 1.165) is 38.4 Å². The Morgan fingerprint density at radius 2 is 1.90 bits per heavy atom. The van der Waals surface area contributed by atoms with Gasteiger partial charge in [0.15, 0.2) is 0 Å². The third-order valence-corrected chi connectivity index (χ3v) is 3.18. The van der Waals surface area contributed by atoms with Crippen molar-refractivity contribution in [2.45, 2.75) is 0 Å². The number of nitrogens with two attached hydrogens (primary N) is 3. The first-order chi connectivity index (χ1) is 9.16. The van der Waals surface area contributed by atoms with E-state index in [1.54, 1.807) is 12.1 Å². The lowest BCUT2D eigenvalue weighted by Crippen LogP contribution is -2.38. The Morgan fingerprint density at radius 1 is 1.20 bits per heavy atom. The molecule has 6 nitrogen and oxygen atoms in total. The molecule has 0 aromatic heterocycles. The summed E-state index contributed by atoms with van der Waals surface area (Å²) in [6.45, 7) is 5.10. The van der Waals surface area contributed by atoms with E-state index in [1.165, 1.54) is 0 Å². The molecule has 1 aromatic rings. The minimum absolute atomic E-state index is 0. The number of morpholine rings is 1. The largest absolute Gasteiger partial charge is 0.397 e. The zero-order valence-corrected chi connectivity index (χ0v) is 12.2. The van der Waals surface area contributed by atoms with E-state index >= 15 is 0 Å². The Balaban J connectivity index is 0.00000200. The fourth-order valence-corrected chi connectivity index (χ4v) is 1.96. The van der Waals surface area contributed by atoms with Crippen LogP contribution in [0.5, 0.6) is 0 Å². The van der Waals surface area contributed by atoms with E-state index in [-0.39, 0.29) is 12.4 Å². The summed E-state index contributed by atoms with van der Waals surface area (Å²) in [7, 11) is 0. The Bertz CT molecular complexity index is 460. The normalized spacial score (nSPS) is 16.7. The molecule has 1 fully saturated rings. The summed E-state index contributed by atoms with van der Waals surface area (Å²) in [5, 5.41) is 0. The van der Waals surface area contributed by atoms with Crippen LogP contribution in [0.4, 0.5) is 11.4 Å². The highest BCUT2D eigenvalue weighted by Gasteiger charge is 2.09. The standard InChI is InChI=1S/C13H21N5O.ClH/c14-11-2-1-10(9-12(11)15)13(16)17-3-4-18-5-7-19-8-6-18;/h1-2,9H,3-8,14-15H2,(H2,16,17);1H. The highest BCUT2D eigenvalue weighted by Crippen LogP contribution is 2.15. The molecule has 0 spiro atoms. The molecule has 2 rings (SSSR count). The van der Waals surface area contributed by atoms with Crippen LogP contribution in [0.15, 0.2) is 23.2 Å². The second-order valence-electron chi connectivity index (χ2n) is 4.56. The molecule has 1 aromatic carbocycles. The molecule has 1 saturated heterocycles. The lowest BCUT2D eigenvalue weighted by Gasteiger charge is -2.25. The van der Waals surface area contributed by atoms with Crippen LogP contribution < -0.4 is 17.2 Å². The second-order valence-corrected chi connectivity index (χ2v) is 4.56. The summed E-state index contributed by atoms with van der Waals surface area (Å²) in [4.78, 5) is 6.69. The summed E-state index contributed by atoms with van der Waals surface area (Å²) in [6, 6.07) is 5.33. The van der Waals surface area contributed by atoms with E-state index in [9.17, 15) is 0 Å². The van der Waals surface area contributed by atoms with Crippen LogP contribution >= 0.6 is 12.4 Å². The number of rotatable bonds is 4. The first-order valence-corrected chi connectivity index (χ1v) is 6.42. The van der Waals surface area contributed by atoms with E-state index in [2.05, 4.69) is 9.89 Å². The van der Waals surface area contributed by atoms with E-state index in [1.807, 2.05) is 6.07 Å². The quantitative estimate of drug-likeness (QED) is 0.422. The predicted octanol–water partition coefficient (Wildman–Crippen LogP) is 0.310. The van der Waals surface area contributed by atoms with Crippen LogP contribution in [0.3, 0.4) is 0 Å². The molecule has 7 heteroatoms. The Labute approximate surface area is 125 Å². The number of aliphatic imine (C=N–C) groups is 1. The van der Waals surface area contributed by atoms with Gasteiger partial charge in [0.1, 0.15) is 5.84 Å². The lowest BCUT2D eigenvalue weighted by molar-refractivity contribution is 0.0394. The monoisotopic (exact) mass is 299 g/mol. The van der Waals surface area contributed by atoms with Crippen molar-refractivity contribution in [2.75, 3.05) is 50.9 Å². The number of anilines is 2. The van der Waals surface area contributed by atoms with E-state index in [4.69, 9.17) is 21.9 Å². The number of benzene rings is 1. The van der Waals surface area contributed by atoms with Crippen LogP contribution in [-0.2, 0) is 4.74 Å². The maximum absolute atomic E-state index is 5.94. The van der Waals surface area contributed by atoms with Gasteiger partial charge >= 0.3 is 0 Å².